The minimum absolute atomic E-state index is 1.11. The van der Waals surface area contributed by atoms with Crippen molar-refractivity contribution in [2.24, 2.45) is 0 Å². The monoisotopic (exact) mass is 749 g/mol. The van der Waals surface area contributed by atoms with Crippen LogP contribution in [0.3, 0.4) is 0 Å². The number of hydrogen-bond acceptors (Lipinski definition) is 1. The Morgan fingerprint density at radius 1 is 0.237 bits per heavy atom. The molecule has 0 unspecified atom stereocenters. The van der Waals surface area contributed by atoms with Crippen LogP contribution in [0.4, 0.5) is 17.1 Å². The number of anilines is 3. The van der Waals surface area contributed by atoms with Crippen molar-refractivity contribution in [3.8, 4) is 44.5 Å². The van der Waals surface area contributed by atoms with E-state index in [1.807, 2.05) is 0 Å². The van der Waals surface area contributed by atoms with E-state index in [9.17, 15) is 0 Å². The number of benzene rings is 11. The van der Waals surface area contributed by atoms with Crippen LogP contribution >= 0.6 is 0 Å². The van der Waals surface area contributed by atoms with Crippen LogP contribution in [0.1, 0.15) is 0 Å². The van der Waals surface area contributed by atoms with Gasteiger partial charge in [-0.3, -0.25) is 0 Å². The Morgan fingerprint density at radius 2 is 0.729 bits per heavy atom. The summed E-state index contributed by atoms with van der Waals surface area (Å²) in [7, 11) is 0. The number of para-hydroxylation sites is 2. The molecule has 0 saturated heterocycles. The molecular weight excluding hydrogens is 711 g/mol. The Morgan fingerprint density at radius 3 is 1.41 bits per heavy atom. The third kappa shape index (κ3) is 6.04. The third-order valence-corrected chi connectivity index (χ3v) is 11.8. The van der Waals surface area contributed by atoms with E-state index in [1.54, 1.807) is 0 Å². The van der Waals surface area contributed by atoms with E-state index >= 15 is 0 Å². The van der Waals surface area contributed by atoms with E-state index in [2.05, 4.69) is 241 Å². The standard InChI is InChI=1S/C58H39N/c1-5-18-41(19-6-1)53-39-54(42-32-35-47(36-33-42)59(45-24-9-3-10-25-45)46-26-11-4-12-27-46)57-52-37-34-44(49-31-17-23-40-20-13-14-28-48(40)49)38-55(52)50-29-15-16-30-51(50)58(57)56(53)43-21-7-2-8-22-43/h1-39H. The second kappa shape index (κ2) is 14.6. The molecule has 0 amide bonds. The fraction of sp³-hybridized carbons (Fsp3) is 0. The Labute approximate surface area is 344 Å². The molecule has 59 heavy (non-hydrogen) atoms. The van der Waals surface area contributed by atoms with E-state index < -0.39 is 0 Å². The summed E-state index contributed by atoms with van der Waals surface area (Å²) in [5.74, 6) is 0. The first-order valence-corrected chi connectivity index (χ1v) is 20.3. The van der Waals surface area contributed by atoms with Gasteiger partial charge in [-0.2, -0.15) is 0 Å². The molecule has 0 N–H and O–H groups in total. The Balaban J connectivity index is 1.23. The Bertz CT molecular complexity index is 3240. The maximum atomic E-state index is 2.45. The summed E-state index contributed by atoms with van der Waals surface area (Å²) in [6.45, 7) is 0. The van der Waals surface area contributed by atoms with Crippen LogP contribution in [-0.2, 0) is 0 Å². The number of fused-ring (bicyclic) bond motifs is 7. The number of rotatable bonds is 7. The Kier molecular flexibility index (Phi) is 8.56. The lowest BCUT2D eigenvalue weighted by Crippen LogP contribution is -2.09. The Hall–Kier alpha value is -7.74. The van der Waals surface area contributed by atoms with Gasteiger partial charge in [0.05, 0.1) is 0 Å². The molecule has 1 heteroatoms. The fourth-order valence-corrected chi connectivity index (χ4v) is 9.17. The van der Waals surface area contributed by atoms with Gasteiger partial charge in [-0.1, -0.05) is 188 Å². The normalized spacial score (nSPS) is 11.4. The lowest BCUT2D eigenvalue weighted by atomic mass is 9.81. The van der Waals surface area contributed by atoms with E-state index in [0.717, 1.165) is 17.1 Å². The number of nitrogens with zero attached hydrogens (tertiary/aromatic N) is 1. The van der Waals surface area contributed by atoms with E-state index in [1.165, 1.54) is 87.6 Å². The molecule has 0 spiro atoms. The zero-order valence-electron chi connectivity index (χ0n) is 32.5. The lowest BCUT2D eigenvalue weighted by Gasteiger charge is -2.26. The highest BCUT2D eigenvalue weighted by Gasteiger charge is 2.22. The molecule has 0 fully saturated rings. The highest BCUT2D eigenvalue weighted by Crippen LogP contribution is 2.50. The predicted molar refractivity (Wildman–Crippen MR) is 253 cm³/mol. The molecule has 0 aromatic heterocycles. The van der Waals surface area contributed by atoms with Gasteiger partial charge in [-0.25, -0.2) is 0 Å². The second-order valence-electron chi connectivity index (χ2n) is 15.2. The van der Waals surface area contributed by atoms with Crippen molar-refractivity contribution in [1.29, 1.82) is 0 Å². The molecule has 276 valence electrons. The molecule has 0 atom stereocenters. The summed E-state index contributed by atoms with van der Waals surface area (Å²) in [4.78, 5) is 2.33. The molecule has 0 aliphatic rings. The molecular formula is C58H39N. The molecule has 1 nitrogen and oxygen atoms in total. The predicted octanol–water partition coefficient (Wildman–Crippen LogP) is 16.4. The largest absolute Gasteiger partial charge is 0.311 e. The van der Waals surface area contributed by atoms with Crippen LogP contribution in [0, 0.1) is 0 Å². The van der Waals surface area contributed by atoms with Crippen molar-refractivity contribution in [3.05, 3.63) is 237 Å². The average Bonchev–Trinajstić information content (AvgIpc) is 3.32. The van der Waals surface area contributed by atoms with Crippen LogP contribution in [-0.4, -0.2) is 0 Å². The molecule has 0 radical (unpaired) electrons. The smallest absolute Gasteiger partial charge is 0.0462 e. The van der Waals surface area contributed by atoms with Gasteiger partial charge < -0.3 is 4.90 Å². The molecule has 0 bridgehead atoms. The van der Waals surface area contributed by atoms with Gasteiger partial charge in [0.25, 0.3) is 0 Å². The quantitative estimate of drug-likeness (QED) is 0.147. The summed E-state index contributed by atoms with van der Waals surface area (Å²) in [5, 5.41) is 10.0. The van der Waals surface area contributed by atoms with Gasteiger partial charge in [-0.15, -0.1) is 0 Å². The minimum Gasteiger partial charge on any atom is -0.311 e. The van der Waals surface area contributed by atoms with Crippen molar-refractivity contribution in [2.75, 3.05) is 4.90 Å². The van der Waals surface area contributed by atoms with Crippen molar-refractivity contribution in [2.45, 2.75) is 0 Å². The van der Waals surface area contributed by atoms with Gasteiger partial charge in [0, 0.05) is 17.1 Å². The molecule has 0 aliphatic carbocycles. The molecule has 11 aromatic carbocycles. The van der Waals surface area contributed by atoms with Crippen molar-refractivity contribution >= 4 is 60.2 Å². The van der Waals surface area contributed by atoms with Gasteiger partial charge in [0.2, 0.25) is 0 Å². The molecule has 0 heterocycles. The average molecular weight is 750 g/mol. The number of hydrogen-bond donors (Lipinski definition) is 0. The minimum atomic E-state index is 1.11. The summed E-state index contributed by atoms with van der Waals surface area (Å²) in [5.41, 5.74) is 13.1. The highest BCUT2D eigenvalue weighted by molar-refractivity contribution is 6.33. The molecule has 11 aromatic rings. The van der Waals surface area contributed by atoms with Gasteiger partial charge in [0.1, 0.15) is 0 Å². The molecule has 0 saturated carbocycles. The first kappa shape index (κ1) is 34.5. The van der Waals surface area contributed by atoms with Crippen LogP contribution < -0.4 is 4.90 Å². The fourth-order valence-electron chi connectivity index (χ4n) is 9.17. The maximum Gasteiger partial charge on any atom is 0.0462 e. The second-order valence-corrected chi connectivity index (χ2v) is 15.2. The molecule has 11 rings (SSSR count). The van der Waals surface area contributed by atoms with Crippen LogP contribution in [0.15, 0.2) is 237 Å². The maximum absolute atomic E-state index is 2.45. The zero-order chi connectivity index (χ0) is 39.1. The van der Waals surface area contributed by atoms with Gasteiger partial charge in [-0.05, 0) is 136 Å². The summed E-state index contributed by atoms with van der Waals surface area (Å²) in [6, 6.07) is 86.2. The van der Waals surface area contributed by atoms with Crippen LogP contribution in [0.2, 0.25) is 0 Å². The zero-order valence-corrected chi connectivity index (χ0v) is 32.5. The van der Waals surface area contributed by atoms with Gasteiger partial charge >= 0.3 is 0 Å². The van der Waals surface area contributed by atoms with Crippen LogP contribution in [0.25, 0.3) is 87.6 Å². The van der Waals surface area contributed by atoms with E-state index in [-0.39, 0.29) is 0 Å². The summed E-state index contributed by atoms with van der Waals surface area (Å²) < 4.78 is 0. The van der Waals surface area contributed by atoms with Crippen molar-refractivity contribution in [1.82, 2.24) is 0 Å². The van der Waals surface area contributed by atoms with E-state index in [4.69, 9.17) is 0 Å². The van der Waals surface area contributed by atoms with Crippen LogP contribution in [0.5, 0.6) is 0 Å². The first-order chi connectivity index (χ1) is 29.3. The van der Waals surface area contributed by atoms with Crippen molar-refractivity contribution in [3.63, 3.8) is 0 Å². The lowest BCUT2D eigenvalue weighted by molar-refractivity contribution is 1.28. The first-order valence-electron chi connectivity index (χ1n) is 20.3. The molecule has 0 aliphatic heterocycles. The van der Waals surface area contributed by atoms with Crippen molar-refractivity contribution < 1.29 is 0 Å². The summed E-state index contributed by atoms with van der Waals surface area (Å²) in [6.07, 6.45) is 0. The topological polar surface area (TPSA) is 3.24 Å². The van der Waals surface area contributed by atoms with E-state index in [0.29, 0.717) is 0 Å². The SMILES string of the molecule is c1ccc(-c2cc(-c3ccc(N(c4ccccc4)c4ccccc4)cc3)c3c4ccc(-c5cccc6ccccc56)cc4c4ccccc4c3c2-c2ccccc2)cc1. The third-order valence-electron chi connectivity index (χ3n) is 11.8. The highest BCUT2D eigenvalue weighted by atomic mass is 15.1. The summed E-state index contributed by atoms with van der Waals surface area (Å²) >= 11 is 0. The van der Waals surface area contributed by atoms with Gasteiger partial charge in [0.15, 0.2) is 0 Å².